The second kappa shape index (κ2) is 3.68. The number of carbonyl (C=O) groups excluding carboxylic acids is 2. The highest BCUT2D eigenvalue weighted by Crippen LogP contribution is 2.33. The molecule has 2 heteroatoms. The van der Waals surface area contributed by atoms with Crippen LogP contribution in [-0.2, 0) is 9.59 Å². The predicted molar refractivity (Wildman–Crippen MR) is 56.0 cm³/mol. The van der Waals surface area contributed by atoms with Crippen molar-refractivity contribution in [2.24, 2.45) is 11.3 Å². The molecule has 1 saturated carbocycles. The fourth-order valence-corrected chi connectivity index (χ4v) is 1.77. The maximum absolute atomic E-state index is 11.8. The molecule has 0 spiro atoms. The monoisotopic (exact) mass is 194 g/mol. The second-order valence-corrected chi connectivity index (χ2v) is 4.76. The minimum absolute atomic E-state index is 0.0630. The van der Waals surface area contributed by atoms with Gasteiger partial charge in [-0.05, 0) is 33.1 Å². The first kappa shape index (κ1) is 11.2. The zero-order valence-corrected chi connectivity index (χ0v) is 9.22. The average Bonchev–Trinajstić information content (AvgIpc) is 2.17. The molecule has 0 bridgehead atoms. The first-order valence-corrected chi connectivity index (χ1v) is 5.07. The fraction of sp³-hybridized carbons (Fsp3) is 0.667. The molecule has 0 amide bonds. The van der Waals surface area contributed by atoms with Crippen molar-refractivity contribution in [2.45, 2.75) is 40.0 Å². The summed E-state index contributed by atoms with van der Waals surface area (Å²) in [5, 5.41) is 0. The smallest absolute Gasteiger partial charge is 0.146 e. The minimum atomic E-state index is -0.774. The standard InChI is InChI=1S/C12H18O2/c1-8(2)9-5-6-10(13)12(3,4)11(14)7-9/h9H,1,5-7H2,2-4H3/t9-/m0/s1. The molecule has 0 aliphatic heterocycles. The van der Waals surface area contributed by atoms with Crippen molar-refractivity contribution in [3.63, 3.8) is 0 Å². The van der Waals surface area contributed by atoms with Crippen molar-refractivity contribution >= 4 is 11.6 Å². The van der Waals surface area contributed by atoms with Crippen molar-refractivity contribution in [1.29, 1.82) is 0 Å². The van der Waals surface area contributed by atoms with Gasteiger partial charge in [0, 0.05) is 12.8 Å². The van der Waals surface area contributed by atoms with Gasteiger partial charge in [0.1, 0.15) is 11.6 Å². The zero-order valence-electron chi connectivity index (χ0n) is 9.22. The number of hydrogen-bond donors (Lipinski definition) is 0. The Kier molecular flexibility index (Phi) is 2.93. The molecule has 0 unspecified atom stereocenters. The first-order valence-electron chi connectivity index (χ1n) is 5.07. The maximum atomic E-state index is 11.8. The quantitative estimate of drug-likeness (QED) is 0.365. The van der Waals surface area contributed by atoms with E-state index in [9.17, 15) is 9.59 Å². The van der Waals surface area contributed by atoms with Crippen LogP contribution in [0, 0.1) is 11.3 Å². The molecule has 1 atom stereocenters. The molecule has 0 N–H and O–H groups in total. The van der Waals surface area contributed by atoms with Gasteiger partial charge in [0.2, 0.25) is 0 Å². The number of hydrogen-bond acceptors (Lipinski definition) is 2. The van der Waals surface area contributed by atoms with Gasteiger partial charge in [-0.1, -0.05) is 12.2 Å². The van der Waals surface area contributed by atoms with E-state index < -0.39 is 5.41 Å². The van der Waals surface area contributed by atoms with Crippen LogP contribution in [0.15, 0.2) is 12.2 Å². The average molecular weight is 194 g/mol. The summed E-state index contributed by atoms with van der Waals surface area (Å²) < 4.78 is 0. The van der Waals surface area contributed by atoms with Gasteiger partial charge in [-0.3, -0.25) is 9.59 Å². The molecule has 0 saturated heterocycles. The molecule has 0 aromatic carbocycles. The Bertz CT molecular complexity index is 287. The number of allylic oxidation sites excluding steroid dienone is 1. The lowest BCUT2D eigenvalue weighted by molar-refractivity contribution is -0.137. The van der Waals surface area contributed by atoms with Gasteiger partial charge < -0.3 is 0 Å². The molecule has 0 aromatic heterocycles. The van der Waals surface area contributed by atoms with E-state index in [0.29, 0.717) is 12.8 Å². The van der Waals surface area contributed by atoms with Crippen LogP contribution in [0.2, 0.25) is 0 Å². The Hall–Kier alpha value is -0.920. The fourth-order valence-electron chi connectivity index (χ4n) is 1.77. The highest BCUT2D eigenvalue weighted by molar-refractivity contribution is 6.06. The minimum Gasteiger partial charge on any atom is -0.299 e. The molecule has 0 heterocycles. The number of Topliss-reactive ketones (excluding diaryl/α,β-unsaturated/α-hetero) is 2. The van der Waals surface area contributed by atoms with E-state index in [4.69, 9.17) is 0 Å². The summed E-state index contributed by atoms with van der Waals surface area (Å²) in [6.07, 6.45) is 1.77. The molecule has 78 valence electrons. The zero-order chi connectivity index (χ0) is 10.9. The van der Waals surface area contributed by atoms with Gasteiger partial charge in [-0.2, -0.15) is 0 Å². The number of carbonyl (C=O) groups is 2. The molecule has 0 aromatic rings. The largest absolute Gasteiger partial charge is 0.299 e. The van der Waals surface area contributed by atoms with Crippen molar-refractivity contribution in [1.82, 2.24) is 0 Å². The Labute approximate surface area is 85.4 Å². The summed E-state index contributed by atoms with van der Waals surface area (Å²) in [4.78, 5) is 23.5. The summed E-state index contributed by atoms with van der Waals surface area (Å²) in [6.45, 7) is 9.26. The van der Waals surface area contributed by atoms with Gasteiger partial charge in [0.05, 0.1) is 5.41 Å². The van der Waals surface area contributed by atoms with E-state index in [2.05, 4.69) is 6.58 Å². The van der Waals surface area contributed by atoms with Crippen LogP contribution in [0.25, 0.3) is 0 Å². The topological polar surface area (TPSA) is 34.1 Å². The lowest BCUT2D eigenvalue weighted by atomic mass is 9.82. The summed E-state index contributed by atoms with van der Waals surface area (Å²) >= 11 is 0. The lowest BCUT2D eigenvalue weighted by Gasteiger charge is -2.19. The molecular weight excluding hydrogens is 176 g/mol. The highest BCUT2D eigenvalue weighted by Gasteiger charge is 2.38. The Morgan fingerprint density at radius 1 is 1.36 bits per heavy atom. The van der Waals surface area contributed by atoms with E-state index in [1.807, 2.05) is 6.92 Å². The third-order valence-electron chi connectivity index (χ3n) is 3.24. The summed E-state index contributed by atoms with van der Waals surface area (Å²) in [5.74, 6) is 0.340. The lowest BCUT2D eigenvalue weighted by Crippen LogP contribution is -2.31. The molecule has 1 fully saturated rings. The van der Waals surface area contributed by atoms with Crippen LogP contribution in [0.4, 0.5) is 0 Å². The van der Waals surface area contributed by atoms with Crippen LogP contribution in [0.1, 0.15) is 40.0 Å². The van der Waals surface area contributed by atoms with E-state index in [-0.39, 0.29) is 17.5 Å². The SMILES string of the molecule is C=C(C)[C@H]1CCC(=O)C(C)(C)C(=O)C1. The van der Waals surface area contributed by atoms with E-state index in [0.717, 1.165) is 12.0 Å². The van der Waals surface area contributed by atoms with Crippen LogP contribution in [0.5, 0.6) is 0 Å². The van der Waals surface area contributed by atoms with Crippen LogP contribution in [-0.4, -0.2) is 11.6 Å². The normalized spacial score (nSPS) is 27.2. The number of rotatable bonds is 1. The van der Waals surface area contributed by atoms with Crippen molar-refractivity contribution in [2.75, 3.05) is 0 Å². The summed E-state index contributed by atoms with van der Waals surface area (Å²) in [7, 11) is 0. The van der Waals surface area contributed by atoms with Gasteiger partial charge in [0.15, 0.2) is 0 Å². The second-order valence-electron chi connectivity index (χ2n) is 4.76. The molecule has 1 aliphatic rings. The third kappa shape index (κ3) is 1.94. The molecule has 0 radical (unpaired) electrons. The highest BCUT2D eigenvalue weighted by atomic mass is 16.2. The molecular formula is C12H18O2. The van der Waals surface area contributed by atoms with Crippen molar-refractivity contribution < 1.29 is 9.59 Å². The molecule has 14 heavy (non-hydrogen) atoms. The van der Waals surface area contributed by atoms with Crippen LogP contribution >= 0.6 is 0 Å². The van der Waals surface area contributed by atoms with E-state index in [1.54, 1.807) is 13.8 Å². The third-order valence-corrected chi connectivity index (χ3v) is 3.24. The molecule has 1 aliphatic carbocycles. The van der Waals surface area contributed by atoms with E-state index >= 15 is 0 Å². The summed E-state index contributed by atoms with van der Waals surface area (Å²) in [6, 6.07) is 0. The summed E-state index contributed by atoms with van der Waals surface area (Å²) in [5.41, 5.74) is 0.244. The first-order chi connectivity index (χ1) is 6.35. The van der Waals surface area contributed by atoms with Gasteiger partial charge in [-0.25, -0.2) is 0 Å². The molecule has 2 nitrogen and oxygen atoms in total. The predicted octanol–water partition coefficient (Wildman–Crippen LogP) is 2.53. The van der Waals surface area contributed by atoms with Crippen LogP contribution in [0.3, 0.4) is 0 Å². The Morgan fingerprint density at radius 3 is 2.43 bits per heavy atom. The Balaban J connectivity index is 2.89. The van der Waals surface area contributed by atoms with Gasteiger partial charge in [0.25, 0.3) is 0 Å². The van der Waals surface area contributed by atoms with E-state index in [1.165, 1.54) is 0 Å². The van der Waals surface area contributed by atoms with Crippen molar-refractivity contribution in [3.05, 3.63) is 12.2 Å². The molecule has 1 rings (SSSR count). The number of ketones is 2. The van der Waals surface area contributed by atoms with Gasteiger partial charge in [-0.15, -0.1) is 0 Å². The van der Waals surface area contributed by atoms with Gasteiger partial charge >= 0.3 is 0 Å². The Morgan fingerprint density at radius 2 is 1.93 bits per heavy atom. The van der Waals surface area contributed by atoms with Crippen LogP contribution < -0.4 is 0 Å². The van der Waals surface area contributed by atoms with Crippen molar-refractivity contribution in [3.8, 4) is 0 Å². The maximum Gasteiger partial charge on any atom is 0.146 e.